The zero-order chi connectivity index (χ0) is 14.2. The van der Waals surface area contributed by atoms with Gasteiger partial charge in [-0.05, 0) is 54.7 Å². The van der Waals surface area contributed by atoms with Crippen molar-refractivity contribution in [3.63, 3.8) is 0 Å². The van der Waals surface area contributed by atoms with Crippen molar-refractivity contribution in [2.45, 2.75) is 38.8 Å². The molecule has 6 heteroatoms. The van der Waals surface area contributed by atoms with Gasteiger partial charge in [0.05, 0.1) is 0 Å². The molecule has 1 aromatic heterocycles. The summed E-state index contributed by atoms with van der Waals surface area (Å²) in [5.41, 5.74) is 1.31. The van der Waals surface area contributed by atoms with Crippen molar-refractivity contribution in [1.82, 2.24) is 15.5 Å². The number of thiophene rings is 1. The normalized spacial score (nSPS) is 17.3. The SMILES string of the molecule is CCC(CNC(=NC)NCc1ccsc1)N1CCCC1.I. The van der Waals surface area contributed by atoms with Crippen molar-refractivity contribution in [3.8, 4) is 0 Å². The van der Waals surface area contributed by atoms with Crippen LogP contribution in [0.1, 0.15) is 31.7 Å². The molecule has 1 saturated heterocycles. The molecular weight excluding hydrogens is 395 g/mol. The van der Waals surface area contributed by atoms with Gasteiger partial charge in [0.1, 0.15) is 0 Å². The number of guanidine groups is 1. The molecule has 0 aliphatic carbocycles. The van der Waals surface area contributed by atoms with Gasteiger partial charge in [-0.1, -0.05) is 6.92 Å². The first-order valence-corrected chi connectivity index (χ1v) is 8.47. The minimum absolute atomic E-state index is 0. The fourth-order valence-corrected chi connectivity index (χ4v) is 3.32. The largest absolute Gasteiger partial charge is 0.355 e. The van der Waals surface area contributed by atoms with Crippen LogP contribution in [0.25, 0.3) is 0 Å². The molecular formula is C15H27IN4S. The van der Waals surface area contributed by atoms with Crippen molar-refractivity contribution in [1.29, 1.82) is 0 Å². The van der Waals surface area contributed by atoms with E-state index < -0.39 is 0 Å². The van der Waals surface area contributed by atoms with Gasteiger partial charge >= 0.3 is 0 Å². The van der Waals surface area contributed by atoms with Crippen LogP contribution in [0.5, 0.6) is 0 Å². The van der Waals surface area contributed by atoms with Crippen molar-refractivity contribution in [2.24, 2.45) is 4.99 Å². The Morgan fingerprint density at radius 1 is 1.38 bits per heavy atom. The second-order valence-electron chi connectivity index (χ2n) is 5.24. The molecule has 2 rings (SSSR count). The van der Waals surface area contributed by atoms with E-state index in [1.165, 1.54) is 37.9 Å². The molecule has 1 unspecified atom stereocenters. The van der Waals surface area contributed by atoms with Gasteiger partial charge in [-0.15, -0.1) is 24.0 Å². The molecule has 2 heterocycles. The highest BCUT2D eigenvalue weighted by molar-refractivity contribution is 14.0. The highest BCUT2D eigenvalue weighted by atomic mass is 127. The molecule has 21 heavy (non-hydrogen) atoms. The van der Waals surface area contributed by atoms with Crippen LogP contribution in [0.15, 0.2) is 21.8 Å². The molecule has 2 N–H and O–H groups in total. The number of aliphatic imine (C=N–C) groups is 1. The fraction of sp³-hybridized carbons (Fsp3) is 0.667. The van der Waals surface area contributed by atoms with E-state index in [2.05, 4.69) is 44.3 Å². The van der Waals surface area contributed by atoms with Gasteiger partial charge in [0.25, 0.3) is 0 Å². The zero-order valence-electron chi connectivity index (χ0n) is 13.0. The third-order valence-electron chi connectivity index (χ3n) is 3.90. The van der Waals surface area contributed by atoms with E-state index in [0.29, 0.717) is 6.04 Å². The molecule has 1 atom stereocenters. The number of nitrogens with one attached hydrogen (secondary N) is 2. The minimum Gasteiger partial charge on any atom is -0.355 e. The van der Waals surface area contributed by atoms with Gasteiger partial charge in [0, 0.05) is 26.2 Å². The van der Waals surface area contributed by atoms with Crippen LogP contribution in [-0.4, -0.2) is 43.6 Å². The molecule has 0 bridgehead atoms. The lowest BCUT2D eigenvalue weighted by atomic mass is 10.2. The summed E-state index contributed by atoms with van der Waals surface area (Å²) in [5, 5.41) is 11.1. The van der Waals surface area contributed by atoms with E-state index in [0.717, 1.165) is 19.0 Å². The Morgan fingerprint density at radius 2 is 2.14 bits per heavy atom. The average molecular weight is 422 g/mol. The summed E-state index contributed by atoms with van der Waals surface area (Å²) in [5.74, 6) is 0.897. The Bertz CT molecular complexity index is 402. The molecule has 1 fully saturated rings. The summed E-state index contributed by atoms with van der Waals surface area (Å²) in [7, 11) is 1.83. The van der Waals surface area contributed by atoms with E-state index in [9.17, 15) is 0 Å². The van der Waals surface area contributed by atoms with Crippen molar-refractivity contribution in [2.75, 3.05) is 26.7 Å². The monoisotopic (exact) mass is 422 g/mol. The Balaban J connectivity index is 0.00000220. The van der Waals surface area contributed by atoms with Crippen LogP contribution in [0.4, 0.5) is 0 Å². The van der Waals surface area contributed by atoms with Gasteiger partial charge in [-0.3, -0.25) is 9.89 Å². The topological polar surface area (TPSA) is 39.7 Å². The molecule has 0 amide bonds. The van der Waals surface area contributed by atoms with Crippen molar-refractivity contribution < 1.29 is 0 Å². The summed E-state index contributed by atoms with van der Waals surface area (Å²) < 4.78 is 0. The Labute approximate surface area is 149 Å². The second-order valence-corrected chi connectivity index (χ2v) is 6.02. The molecule has 0 radical (unpaired) electrons. The Morgan fingerprint density at radius 3 is 2.71 bits per heavy atom. The molecule has 120 valence electrons. The summed E-state index contributed by atoms with van der Waals surface area (Å²) in [4.78, 5) is 6.90. The van der Waals surface area contributed by atoms with Crippen molar-refractivity contribution >= 4 is 41.3 Å². The van der Waals surface area contributed by atoms with Gasteiger partial charge in [-0.25, -0.2) is 0 Å². The van der Waals surface area contributed by atoms with Gasteiger partial charge in [0.2, 0.25) is 0 Å². The van der Waals surface area contributed by atoms with Crippen LogP contribution in [0.2, 0.25) is 0 Å². The fourth-order valence-electron chi connectivity index (χ4n) is 2.65. The maximum Gasteiger partial charge on any atom is 0.191 e. The van der Waals surface area contributed by atoms with E-state index in [1.807, 2.05) is 7.05 Å². The van der Waals surface area contributed by atoms with E-state index in [4.69, 9.17) is 0 Å². The van der Waals surface area contributed by atoms with Crippen LogP contribution in [-0.2, 0) is 6.54 Å². The highest BCUT2D eigenvalue weighted by Gasteiger charge is 2.20. The standard InChI is InChI=1S/C15H26N4S.HI/c1-3-14(19-7-4-5-8-19)11-18-15(16-2)17-10-13-6-9-20-12-13;/h6,9,12,14H,3-5,7-8,10-11H2,1-2H3,(H2,16,17,18);1H. The van der Waals surface area contributed by atoms with Crippen molar-refractivity contribution in [3.05, 3.63) is 22.4 Å². The first-order chi connectivity index (χ1) is 9.83. The summed E-state index contributed by atoms with van der Waals surface area (Å²) >= 11 is 1.73. The number of likely N-dealkylation sites (tertiary alicyclic amines) is 1. The van der Waals surface area contributed by atoms with Gasteiger partial charge in [0.15, 0.2) is 5.96 Å². The van der Waals surface area contributed by atoms with Gasteiger partial charge < -0.3 is 10.6 Å². The maximum absolute atomic E-state index is 4.30. The summed E-state index contributed by atoms with van der Waals surface area (Å²) in [6.45, 7) is 6.58. The smallest absolute Gasteiger partial charge is 0.191 e. The number of hydrogen-bond donors (Lipinski definition) is 2. The summed E-state index contributed by atoms with van der Waals surface area (Å²) in [6, 6.07) is 2.77. The number of hydrogen-bond acceptors (Lipinski definition) is 3. The van der Waals surface area contributed by atoms with Gasteiger partial charge in [-0.2, -0.15) is 11.3 Å². The lowest BCUT2D eigenvalue weighted by Crippen LogP contribution is -2.46. The van der Waals surface area contributed by atoms with E-state index in [1.54, 1.807) is 11.3 Å². The van der Waals surface area contributed by atoms with Crippen LogP contribution < -0.4 is 10.6 Å². The van der Waals surface area contributed by atoms with Crippen LogP contribution in [0.3, 0.4) is 0 Å². The lowest BCUT2D eigenvalue weighted by Gasteiger charge is -2.27. The van der Waals surface area contributed by atoms with Crippen LogP contribution >= 0.6 is 35.3 Å². The van der Waals surface area contributed by atoms with E-state index >= 15 is 0 Å². The molecule has 0 aromatic carbocycles. The number of rotatable bonds is 6. The molecule has 1 aliphatic heterocycles. The average Bonchev–Trinajstić information content (AvgIpc) is 3.15. The molecule has 1 aliphatic rings. The number of halogens is 1. The highest BCUT2D eigenvalue weighted by Crippen LogP contribution is 2.13. The zero-order valence-corrected chi connectivity index (χ0v) is 16.1. The maximum atomic E-state index is 4.30. The molecule has 0 saturated carbocycles. The number of nitrogens with zero attached hydrogens (tertiary/aromatic N) is 2. The first kappa shape index (κ1) is 18.7. The minimum atomic E-state index is 0. The van der Waals surface area contributed by atoms with E-state index in [-0.39, 0.29) is 24.0 Å². The third-order valence-corrected chi connectivity index (χ3v) is 4.63. The predicted molar refractivity (Wildman–Crippen MR) is 103 cm³/mol. The lowest BCUT2D eigenvalue weighted by molar-refractivity contribution is 0.236. The molecule has 4 nitrogen and oxygen atoms in total. The predicted octanol–water partition coefficient (Wildman–Crippen LogP) is 2.91. The van der Waals surface area contributed by atoms with Crippen LogP contribution in [0, 0.1) is 0 Å². The summed E-state index contributed by atoms with van der Waals surface area (Å²) in [6.07, 6.45) is 3.89. The quantitative estimate of drug-likeness (QED) is 0.421. The third kappa shape index (κ3) is 6.12. The Hall–Kier alpha value is -0.340. The molecule has 0 spiro atoms. The Kier molecular flexibility index (Phi) is 9.26. The first-order valence-electron chi connectivity index (χ1n) is 7.53. The molecule has 1 aromatic rings. The second kappa shape index (κ2) is 10.4.